The molecule has 0 spiro atoms. The maximum Gasteiger partial charge on any atom is 0.225 e. The van der Waals surface area contributed by atoms with Crippen LogP contribution in [0.5, 0.6) is 0 Å². The maximum absolute atomic E-state index is 11.4. The van der Waals surface area contributed by atoms with Gasteiger partial charge in [0.15, 0.2) is 5.13 Å². The molecule has 0 bridgehead atoms. The van der Waals surface area contributed by atoms with Crippen molar-refractivity contribution in [1.82, 2.24) is 4.98 Å². The van der Waals surface area contributed by atoms with Crippen LogP contribution < -0.4 is 5.32 Å². The molecule has 2 rings (SSSR count). The zero-order valence-electron chi connectivity index (χ0n) is 11.2. The number of carbonyl (C=O) groups excluding carboxylic acids is 1. The highest BCUT2D eigenvalue weighted by Gasteiger charge is 2.12. The number of hydrogen-bond donors (Lipinski definition) is 1. The highest BCUT2D eigenvalue weighted by Crippen LogP contribution is 2.29. The summed E-state index contributed by atoms with van der Waals surface area (Å²) in [6, 6.07) is 5.41. The summed E-state index contributed by atoms with van der Waals surface area (Å²) in [7, 11) is 0. The largest absolute Gasteiger partial charge is 0.302 e. The Hall–Kier alpha value is -1.10. The van der Waals surface area contributed by atoms with Gasteiger partial charge in [-0.1, -0.05) is 30.1 Å². The third-order valence-corrected chi connectivity index (χ3v) is 4.50. The Morgan fingerprint density at radius 3 is 2.85 bits per heavy atom. The summed E-state index contributed by atoms with van der Waals surface area (Å²) in [6.45, 7) is 3.73. The highest BCUT2D eigenvalue weighted by molar-refractivity contribution is 7.15. The fraction of sp³-hybridized carbons (Fsp3) is 0.286. The summed E-state index contributed by atoms with van der Waals surface area (Å²) in [5.74, 6) is -0.0360. The molecule has 0 radical (unpaired) electrons. The van der Waals surface area contributed by atoms with Crippen LogP contribution >= 0.6 is 34.5 Å². The van der Waals surface area contributed by atoms with Gasteiger partial charge in [0.2, 0.25) is 5.91 Å². The zero-order chi connectivity index (χ0) is 14.7. The van der Waals surface area contributed by atoms with Gasteiger partial charge < -0.3 is 5.32 Å². The number of halogens is 2. The summed E-state index contributed by atoms with van der Waals surface area (Å²) >= 11 is 13.6. The van der Waals surface area contributed by atoms with E-state index in [9.17, 15) is 4.79 Å². The number of thiazole rings is 1. The minimum atomic E-state index is -0.0360. The Balaban J connectivity index is 2.21. The molecule has 0 aliphatic heterocycles. The molecule has 0 atom stereocenters. The smallest absolute Gasteiger partial charge is 0.225 e. The summed E-state index contributed by atoms with van der Waals surface area (Å²) in [5.41, 5.74) is 1.86. The molecular formula is C14H14Cl2N2OS. The SMILES string of the molecule is CCC(=O)Nc1nc(C)c(Cc2cc(Cl)ccc2Cl)s1. The number of nitrogens with one attached hydrogen (secondary N) is 1. The first-order valence-electron chi connectivity index (χ1n) is 6.19. The van der Waals surface area contributed by atoms with E-state index in [1.165, 1.54) is 11.3 Å². The second-order valence-corrected chi connectivity index (χ2v) is 6.27. The number of rotatable bonds is 4. The van der Waals surface area contributed by atoms with Crippen molar-refractivity contribution in [1.29, 1.82) is 0 Å². The van der Waals surface area contributed by atoms with Gasteiger partial charge in [-0.25, -0.2) is 4.98 Å². The molecule has 3 nitrogen and oxygen atoms in total. The summed E-state index contributed by atoms with van der Waals surface area (Å²) in [5, 5.41) is 4.74. The summed E-state index contributed by atoms with van der Waals surface area (Å²) < 4.78 is 0. The van der Waals surface area contributed by atoms with E-state index >= 15 is 0 Å². The van der Waals surface area contributed by atoms with Crippen LogP contribution in [0, 0.1) is 6.92 Å². The highest BCUT2D eigenvalue weighted by atomic mass is 35.5. The molecule has 2 aromatic rings. The van der Waals surface area contributed by atoms with Gasteiger partial charge in [-0.15, -0.1) is 11.3 Å². The van der Waals surface area contributed by atoms with Crippen molar-refractivity contribution in [3.63, 3.8) is 0 Å². The molecule has 20 heavy (non-hydrogen) atoms. The van der Waals surface area contributed by atoms with Crippen molar-refractivity contribution in [3.05, 3.63) is 44.4 Å². The second kappa shape index (κ2) is 6.57. The number of benzene rings is 1. The average Bonchev–Trinajstić information content (AvgIpc) is 2.74. The number of anilines is 1. The van der Waals surface area contributed by atoms with Crippen molar-refractivity contribution in [2.24, 2.45) is 0 Å². The Morgan fingerprint density at radius 1 is 1.40 bits per heavy atom. The van der Waals surface area contributed by atoms with Crippen molar-refractivity contribution in [2.45, 2.75) is 26.7 Å². The van der Waals surface area contributed by atoms with Gasteiger partial charge in [-0.05, 0) is 30.7 Å². The van der Waals surface area contributed by atoms with Crippen molar-refractivity contribution >= 4 is 45.6 Å². The van der Waals surface area contributed by atoms with E-state index in [-0.39, 0.29) is 5.91 Å². The molecule has 0 saturated heterocycles. The normalized spacial score (nSPS) is 10.6. The van der Waals surface area contributed by atoms with Crippen LogP contribution in [0.25, 0.3) is 0 Å². The number of amides is 1. The first kappa shape index (κ1) is 15.3. The quantitative estimate of drug-likeness (QED) is 0.883. The fourth-order valence-electron chi connectivity index (χ4n) is 1.70. The first-order chi connectivity index (χ1) is 9.49. The van der Waals surface area contributed by atoms with Crippen LogP contribution in [0.1, 0.15) is 29.5 Å². The molecule has 0 aliphatic rings. The van der Waals surface area contributed by atoms with Gasteiger partial charge in [0, 0.05) is 27.8 Å². The lowest BCUT2D eigenvalue weighted by Crippen LogP contribution is -2.08. The molecule has 0 saturated carbocycles. The molecule has 106 valence electrons. The van der Waals surface area contributed by atoms with Crippen LogP contribution in [-0.4, -0.2) is 10.9 Å². The summed E-state index contributed by atoms with van der Waals surface area (Å²) in [4.78, 5) is 16.8. The van der Waals surface area contributed by atoms with Crippen LogP contribution in [0.3, 0.4) is 0 Å². The van der Waals surface area contributed by atoms with E-state index in [2.05, 4.69) is 10.3 Å². The third-order valence-electron chi connectivity index (χ3n) is 2.82. The lowest BCUT2D eigenvalue weighted by molar-refractivity contribution is -0.115. The Morgan fingerprint density at radius 2 is 2.15 bits per heavy atom. The molecule has 1 aromatic heterocycles. The number of nitrogens with zero attached hydrogens (tertiary/aromatic N) is 1. The van der Waals surface area contributed by atoms with Gasteiger partial charge in [-0.2, -0.15) is 0 Å². The third kappa shape index (κ3) is 3.72. The predicted octanol–water partition coefficient (Wildman–Crippen LogP) is 4.70. The van der Waals surface area contributed by atoms with Crippen molar-refractivity contribution < 1.29 is 4.79 Å². The molecule has 1 amide bonds. The zero-order valence-corrected chi connectivity index (χ0v) is 13.5. The molecule has 1 aromatic carbocycles. The standard InChI is InChI=1S/C14H14Cl2N2OS/c1-3-13(19)18-14-17-8(2)12(20-14)7-9-6-10(15)4-5-11(9)16/h4-6H,3,7H2,1-2H3,(H,17,18,19). The molecule has 6 heteroatoms. The lowest BCUT2D eigenvalue weighted by atomic mass is 10.1. The first-order valence-corrected chi connectivity index (χ1v) is 7.77. The van der Waals surface area contributed by atoms with Gasteiger partial charge in [0.05, 0.1) is 5.69 Å². The number of aromatic nitrogens is 1. The van der Waals surface area contributed by atoms with Crippen LogP contribution in [-0.2, 0) is 11.2 Å². The van der Waals surface area contributed by atoms with Gasteiger partial charge in [0.25, 0.3) is 0 Å². The topological polar surface area (TPSA) is 42.0 Å². The minimum absolute atomic E-state index is 0.0360. The van der Waals surface area contributed by atoms with Crippen molar-refractivity contribution in [2.75, 3.05) is 5.32 Å². The number of carbonyl (C=O) groups is 1. The van der Waals surface area contributed by atoms with Crippen LogP contribution in [0.15, 0.2) is 18.2 Å². The summed E-state index contributed by atoms with van der Waals surface area (Å²) in [6.07, 6.45) is 1.10. The Labute approximate surface area is 131 Å². The van der Waals surface area contributed by atoms with E-state index in [1.807, 2.05) is 19.9 Å². The van der Waals surface area contributed by atoms with Crippen molar-refractivity contribution in [3.8, 4) is 0 Å². The number of hydrogen-bond acceptors (Lipinski definition) is 3. The lowest BCUT2D eigenvalue weighted by Gasteiger charge is -2.03. The van der Waals surface area contributed by atoms with E-state index in [0.29, 0.717) is 28.0 Å². The monoisotopic (exact) mass is 328 g/mol. The molecule has 0 unspecified atom stereocenters. The van der Waals surface area contributed by atoms with Crippen LogP contribution in [0.2, 0.25) is 10.0 Å². The molecule has 0 aliphatic carbocycles. The van der Waals surface area contributed by atoms with Gasteiger partial charge in [0.1, 0.15) is 0 Å². The maximum atomic E-state index is 11.4. The van der Waals surface area contributed by atoms with E-state index in [0.717, 1.165) is 16.1 Å². The average molecular weight is 329 g/mol. The molecule has 1 heterocycles. The van der Waals surface area contributed by atoms with Gasteiger partial charge in [-0.3, -0.25) is 4.79 Å². The van der Waals surface area contributed by atoms with Gasteiger partial charge >= 0.3 is 0 Å². The fourth-order valence-corrected chi connectivity index (χ4v) is 3.09. The molecule has 1 N–H and O–H groups in total. The second-order valence-electron chi connectivity index (χ2n) is 4.34. The van der Waals surface area contributed by atoms with E-state index in [1.54, 1.807) is 12.1 Å². The Kier molecular flexibility index (Phi) is 5.02. The van der Waals surface area contributed by atoms with E-state index in [4.69, 9.17) is 23.2 Å². The van der Waals surface area contributed by atoms with Crippen LogP contribution in [0.4, 0.5) is 5.13 Å². The molecular weight excluding hydrogens is 315 g/mol. The minimum Gasteiger partial charge on any atom is -0.302 e. The predicted molar refractivity (Wildman–Crippen MR) is 85.0 cm³/mol. The Bertz CT molecular complexity index is 640. The van der Waals surface area contributed by atoms with E-state index < -0.39 is 0 Å². The number of aryl methyl sites for hydroxylation is 1. The molecule has 0 fully saturated rings.